The summed E-state index contributed by atoms with van der Waals surface area (Å²) < 4.78 is 13.0. The number of rotatable bonds is 3. The summed E-state index contributed by atoms with van der Waals surface area (Å²) in [5.41, 5.74) is 3.74. The van der Waals surface area contributed by atoms with Crippen LogP contribution in [0.15, 0.2) is 29.1 Å². The average Bonchev–Trinajstić information content (AvgIpc) is 2.81. The summed E-state index contributed by atoms with van der Waals surface area (Å²) in [6.07, 6.45) is 0. The van der Waals surface area contributed by atoms with Crippen LogP contribution in [0, 0.1) is 17.1 Å². The summed E-state index contributed by atoms with van der Waals surface area (Å²) in [5.74, 6) is -0.396. The van der Waals surface area contributed by atoms with Crippen molar-refractivity contribution in [1.29, 1.82) is 5.26 Å². The molecule has 0 aliphatic heterocycles. The van der Waals surface area contributed by atoms with Gasteiger partial charge in [-0.1, -0.05) is 0 Å². The van der Waals surface area contributed by atoms with Crippen molar-refractivity contribution in [3.63, 3.8) is 0 Å². The molecule has 0 saturated carbocycles. The quantitative estimate of drug-likeness (QED) is 0.837. The number of aromatic nitrogens is 1. The molecule has 5 heteroatoms. The lowest BCUT2D eigenvalue weighted by Crippen LogP contribution is -2.17. The zero-order valence-electron chi connectivity index (χ0n) is 9.22. The molecule has 1 aromatic heterocycles. The van der Waals surface area contributed by atoms with Crippen LogP contribution < -0.4 is 4.90 Å². The molecule has 0 fully saturated rings. The lowest BCUT2D eigenvalue weighted by Gasteiger charge is -2.19. The molecule has 0 amide bonds. The summed E-state index contributed by atoms with van der Waals surface area (Å²) in [7, 11) is 1.85. The molecule has 0 atom stereocenters. The highest BCUT2D eigenvalue weighted by molar-refractivity contribution is 7.07. The average molecular weight is 247 g/mol. The Kier molecular flexibility index (Phi) is 3.35. The topological polar surface area (TPSA) is 39.9 Å². The number of benzene rings is 1. The number of anilines is 1. The molecule has 1 aromatic carbocycles. The maximum absolute atomic E-state index is 13.0. The Morgan fingerprint density at radius 2 is 2.35 bits per heavy atom. The van der Waals surface area contributed by atoms with Crippen molar-refractivity contribution < 1.29 is 4.39 Å². The van der Waals surface area contributed by atoms with Gasteiger partial charge in [-0.2, -0.15) is 5.26 Å². The number of hydrogen-bond acceptors (Lipinski definition) is 4. The second kappa shape index (κ2) is 4.93. The van der Waals surface area contributed by atoms with E-state index in [0.29, 0.717) is 17.8 Å². The smallest absolute Gasteiger partial charge is 0.124 e. The van der Waals surface area contributed by atoms with E-state index in [-0.39, 0.29) is 0 Å². The third-order valence-corrected chi connectivity index (χ3v) is 3.01. The minimum atomic E-state index is -0.396. The fraction of sp³-hybridized carbons (Fsp3) is 0.167. The van der Waals surface area contributed by atoms with Gasteiger partial charge >= 0.3 is 0 Å². The van der Waals surface area contributed by atoms with Gasteiger partial charge in [0.05, 0.1) is 29.0 Å². The molecule has 0 spiro atoms. The van der Waals surface area contributed by atoms with Crippen LogP contribution in [-0.4, -0.2) is 12.0 Å². The minimum Gasteiger partial charge on any atom is -0.368 e. The second-order valence-corrected chi connectivity index (χ2v) is 4.33. The summed E-state index contributed by atoms with van der Waals surface area (Å²) in [5, 5.41) is 10.9. The van der Waals surface area contributed by atoms with E-state index in [2.05, 4.69) is 4.98 Å². The van der Waals surface area contributed by atoms with Crippen molar-refractivity contribution in [3.05, 3.63) is 46.2 Å². The van der Waals surface area contributed by atoms with Crippen molar-refractivity contribution in [3.8, 4) is 6.07 Å². The Labute approximate surface area is 103 Å². The monoisotopic (exact) mass is 247 g/mol. The first-order valence-corrected chi connectivity index (χ1v) is 5.93. The van der Waals surface area contributed by atoms with Crippen LogP contribution in [0.4, 0.5) is 10.1 Å². The normalized spacial score (nSPS) is 9.94. The summed E-state index contributed by atoms with van der Waals surface area (Å²) in [4.78, 5) is 6.06. The molecule has 0 saturated heterocycles. The highest BCUT2D eigenvalue weighted by Crippen LogP contribution is 2.21. The summed E-state index contributed by atoms with van der Waals surface area (Å²) in [6.45, 7) is 0.601. The fourth-order valence-electron chi connectivity index (χ4n) is 1.57. The van der Waals surface area contributed by atoms with Crippen molar-refractivity contribution in [2.45, 2.75) is 6.54 Å². The van der Waals surface area contributed by atoms with E-state index >= 15 is 0 Å². The standard InChI is InChI=1S/C12H10FN3S/c1-16(6-11-7-17-8-15-11)12-3-2-10(13)4-9(12)5-14/h2-4,7-8H,6H2,1H3. The largest absolute Gasteiger partial charge is 0.368 e. The Hall–Kier alpha value is -1.93. The molecule has 0 aliphatic carbocycles. The van der Waals surface area contributed by atoms with Crippen molar-refractivity contribution in [2.75, 3.05) is 11.9 Å². The van der Waals surface area contributed by atoms with Crippen LogP contribution in [0.25, 0.3) is 0 Å². The summed E-state index contributed by atoms with van der Waals surface area (Å²) in [6, 6.07) is 6.21. The minimum absolute atomic E-state index is 0.336. The molecule has 2 rings (SSSR count). The molecule has 2 aromatic rings. The number of hydrogen-bond donors (Lipinski definition) is 0. The molecule has 1 heterocycles. The van der Waals surface area contributed by atoms with E-state index in [9.17, 15) is 4.39 Å². The predicted octanol–water partition coefficient (Wildman–Crippen LogP) is 2.79. The van der Waals surface area contributed by atoms with Gasteiger partial charge < -0.3 is 4.90 Å². The molecule has 17 heavy (non-hydrogen) atoms. The summed E-state index contributed by atoms with van der Waals surface area (Å²) >= 11 is 1.53. The highest BCUT2D eigenvalue weighted by Gasteiger charge is 2.09. The predicted molar refractivity (Wildman–Crippen MR) is 65.3 cm³/mol. The molecule has 0 bridgehead atoms. The van der Waals surface area contributed by atoms with Gasteiger partial charge in [0.2, 0.25) is 0 Å². The maximum Gasteiger partial charge on any atom is 0.124 e. The maximum atomic E-state index is 13.0. The van der Waals surface area contributed by atoms with Gasteiger partial charge in [-0.3, -0.25) is 0 Å². The van der Waals surface area contributed by atoms with Gasteiger partial charge in [0.1, 0.15) is 11.9 Å². The number of halogens is 1. The van der Waals surface area contributed by atoms with Gasteiger partial charge in [0.25, 0.3) is 0 Å². The first kappa shape index (κ1) is 11.6. The van der Waals surface area contributed by atoms with Crippen molar-refractivity contribution >= 4 is 17.0 Å². The second-order valence-electron chi connectivity index (χ2n) is 3.61. The first-order valence-electron chi connectivity index (χ1n) is 4.98. The molecular weight excluding hydrogens is 237 g/mol. The molecule has 0 aliphatic rings. The van der Waals surface area contributed by atoms with E-state index in [1.807, 2.05) is 23.4 Å². The molecule has 0 unspecified atom stereocenters. The van der Waals surface area contributed by atoms with Crippen LogP contribution in [0.2, 0.25) is 0 Å². The van der Waals surface area contributed by atoms with E-state index in [1.54, 1.807) is 11.6 Å². The van der Waals surface area contributed by atoms with Crippen molar-refractivity contribution in [1.82, 2.24) is 4.98 Å². The van der Waals surface area contributed by atoms with Gasteiger partial charge in [-0.15, -0.1) is 11.3 Å². The van der Waals surface area contributed by atoms with E-state index in [4.69, 9.17) is 5.26 Å². The molecule has 0 N–H and O–H groups in total. The number of nitrogens with zero attached hydrogens (tertiary/aromatic N) is 3. The Morgan fingerprint density at radius 3 is 3.00 bits per heavy atom. The van der Waals surface area contributed by atoms with E-state index in [0.717, 1.165) is 5.69 Å². The van der Waals surface area contributed by atoms with E-state index in [1.165, 1.54) is 23.5 Å². The van der Waals surface area contributed by atoms with Crippen LogP contribution >= 0.6 is 11.3 Å². The van der Waals surface area contributed by atoms with Crippen LogP contribution in [0.1, 0.15) is 11.3 Å². The SMILES string of the molecule is CN(Cc1cscn1)c1ccc(F)cc1C#N. The lowest BCUT2D eigenvalue weighted by atomic mass is 10.1. The van der Waals surface area contributed by atoms with Crippen LogP contribution in [-0.2, 0) is 6.54 Å². The Morgan fingerprint density at radius 1 is 1.53 bits per heavy atom. The third kappa shape index (κ3) is 2.60. The fourth-order valence-corrected chi connectivity index (χ4v) is 2.12. The van der Waals surface area contributed by atoms with E-state index < -0.39 is 5.82 Å². The number of nitriles is 1. The van der Waals surface area contributed by atoms with Crippen molar-refractivity contribution in [2.24, 2.45) is 0 Å². The Bertz CT molecular complexity index is 545. The molecule has 3 nitrogen and oxygen atoms in total. The van der Waals surface area contributed by atoms with Gasteiger partial charge in [-0.05, 0) is 18.2 Å². The van der Waals surface area contributed by atoms with Crippen LogP contribution in [0.3, 0.4) is 0 Å². The Balaban J connectivity index is 2.25. The highest BCUT2D eigenvalue weighted by atomic mass is 32.1. The molecule has 86 valence electrons. The molecular formula is C12H10FN3S. The van der Waals surface area contributed by atoms with Gasteiger partial charge in [-0.25, -0.2) is 9.37 Å². The first-order chi connectivity index (χ1) is 8.20. The lowest BCUT2D eigenvalue weighted by molar-refractivity contribution is 0.627. The van der Waals surface area contributed by atoms with Crippen LogP contribution in [0.5, 0.6) is 0 Å². The number of thiazole rings is 1. The third-order valence-electron chi connectivity index (χ3n) is 2.37. The van der Waals surface area contributed by atoms with Gasteiger partial charge in [0.15, 0.2) is 0 Å². The van der Waals surface area contributed by atoms with Gasteiger partial charge in [0, 0.05) is 12.4 Å². The zero-order valence-corrected chi connectivity index (χ0v) is 10.0. The molecule has 0 radical (unpaired) electrons. The zero-order chi connectivity index (χ0) is 12.3.